The quantitative estimate of drug-likeness (QED) is 0.601. The Morgan fingerprint density at radius 1 is 1.14 bits per heavy atom. The normalized spacial score (nSPS) is 11.7. The molecule has 4 nitrogen and oxygen atoms in total. The maximum Gasteiger partial charge on any atom is 0.252 e. The third-order valence-electron chi connectivity index (χ3n) is 4.11. The fourth-order valence-corrected chi connectivity index (χ4v) is 3.51. The first-order chi connectivity index (χ1) is 13.4. The van der Waals surface area contributed by atoms with Crippen molar-refractivity contribution in [2.45, 2.75) is 19.4 Å². The van der Waals surface area contributed by atoms with Gasteiger partial charge in [-0.05, 0) is 53.8 Å². The minimum atomic E-state index is -0.871. The number of carbonyl (C=O) groups is 2. The first-order valence-corrected chi connectivity index (χ1v) is 9.82. The van der Waals surface area contributed by atoms with E-state index in [-0.39, 0.29) is 12.3 Å². The molecule has 3 rings (SSSR count). The van der Waals surface area contributed by atoms with Gasteiger partial charge in [0.2, 0.25) is 5.91 Å². The molecule has 0 aliphatic carbocycles. The van der Waals surface area contributed by atoms with Crippen molar-refractivity contribution < 1.29 is 14.0 Å². The molecular weight excluding hydrogens is 399 g/mol. The molecule has 0 radical (unpaired) electrons. The van der Waals surface area contributed by atoms with Crippen LogP contribution in [0.15, 0.2) is 60.0 Å². The minimum Gasteiger partial charge on any atom is -0.340 e. The standard InChI is InChI=1S/C21H18ClFN2O2S/c1-13-4-9-16(12-17(13)23)24-21(27)20(18-3-2-10-28-18)25-19(26)11-14-5-7-15(22)8-6-14/h2-10,12,20H,11H2,1H3,(H,24,27)(H,25,26). The molecule has 0 fully saturated rings. The topological polar surface area (TPSA) is 58.2 Å². The summed E-state index contributed by atoms with van der Waals surface area (Å²) in [5.74, 6) is -1.14. The molecule has 144 valence electrons. The van der Waals surface area contributed by atoms with Gasteiger partial charge in [-0.25, -0.2) is 4.39 Å². The lowest BCUT2D eigenvalue weighted by Crippen LogP contribution is -2.37. The summed E-state index contributed by atoms with van der Waals surface area (Å²) in [5.41, 5.74) is 1.61. The van der Waals surface area contributed by atoms with Gasteiger partial charge < -0.3 is 10.6 Å². The van der Waals surface area contributed by atoms with Crippen molar-refractivity contribution in [3.63, 3.8) is 0 Å². The van der Waals surface area contributed by atoms with Crippen LogP contribution in [0.2, 0.25) is 5.02 Å². The maximum atomic E-state index is 13.8. The second kappa shape index (κ2) is 8.99. The lowest BCUT2D eigenvalue weighted by atomic mass is 10.1. The summed E-state index contributed by atoms with van der Waals surface area (Å²) in [6.07, 6.45) is 0.117. The van der Waals surface area contributed by atoms with E-state index in [2.05, 4.69) is 10.6 Å². The Morgan fingerprint density at radius 3 is 2.54 bits per heavy atom. The van der Waals surface area contributed by atoms with E-state index in [1.807, 2.05) is 5.38 Å². The highest BCUT2D eigenvalue weighted by atomic mass is 35.5. The van der Waals surface area contributed by atoms with Crippen LogP contribution >= 0.6 is 22.9 Å². The third kappa shape index (κ3) is 5.18. The van der Waals surface area contributed by atoms with E-state index in [1.165, 1.54) is 17.4 Å². The Kier molecular flexibility index (Phi) is 6.44. The van der Waals surface area contributed by atoms with E-state index in [4.69, 9.17) is 11.6 Å². The first-order valence-electron chi connectivity index (χ1n) is 8.56. The smallest absolute Gasteiger partial charge is 0.252 e. The van der Waals surface area contributed by atoms with Crippen LogP contribution in [-0.2, 0) is 16.0 Å². The lowest BCUT2D eigenvalue weighted by molar-refractivity contribution is -0.126. The van der Waals surface area contributed by atoms with Crippen molar-refractivity contribution in [3.05, 3.63) is 86.8 Å². The van der Waals surface area contributed by atoms with Gasteiger partial charge in [0.05, 0.1) is 6.42 Å². The summed E-state index contributed by atoms with van der Waals surface area (Å²) >= 11 is 7.22. The number of aryl methyl sites for hydroxylation is 1. The molecule has 0 spiro atoms. The van der Waals surface area contributed by atoms with E-state index in [0.717, 1.165) is 5.56 Å². The molecule has 2 amide bonds. The molecule has 2 aromatic carbocycles. The van der Waals surface area contributed by atoms with Crippen molar-refractivity contribution >= 4 is 40.4 Å². The van der Waals surface area contributed by atoms with Crippen molar-refractivity contribution in [2.75, 3.05) is 5.32 Å². The molecule has 1 heterocycles. The number of thiophene rings is 1. The molecule has 1 aromatic heterocycles. The Balaban J connectivity index is 1.73. The van der Waals surface area contributed by atoms with Crippen LogP contribution in [0.25, 0.3) is 0 Å². The second-order valence-electron chi connectivity index (χ2n) is 6.27. The molecule has 28 heavy (non-hydrogen) atoms. The van der Waals surface area contributed by atoms with Gasteiger partial charge in [0, 0.05) is 15.6 Å². The van der Waals surface area contributed by atoms with Gasteiger partial charge in [0.25, 0.3) is 5.91 Å². The van der Waals surface area contributed by atoms with Crippen LogP contribution in [0.4, 0.5) is 10.1 Å². The second-order valence-corrected chi connectivity index (χ2v) is 7.69. The monoisotopic (exact) mass is 416 g/mol. The number of benzene rings is 2. The number of hydrogen-bond acceptors (Lipinski definition) is 3. The van der Waals surface area contributed by atoms with Gasteiger partial charge in [-0.15, -0.1) is 11.3 Å². The molecule has 0 saturated heterocycles. The zero-order valence-corrected chi connectivity index (χ0v) is 16.6. The largest absolute Gasteiger partial charge is 0.340 e. The van der Waals surface area contributed by atoms with Gasteiger partial charge in [-0.3, -0.25) is 9.59 Å². The molecular formula is C21H18ClFN2O2S. The van der Waals surface area contributed by atoms with Crippen molar-refractivity contribution in [3.8, 4) is 0 Å². The van der Waals surface area contributed by atoms with Crippen molar-refractivity contribution in [1.29, 1.82) is 0 Å². The number of rotatable bonds is 6. The summed E-state index contributed by atoms with van der Waals surface area (Å²) in [6, 6.07) is 14.1. The summed E-state index contributed by atoms with van der Waals surface area (Å²) in [7, 11) is 0. The fraction of sp³-hybridized carbons (Fsp3) is 0.143. The average molecular weight is 417 g/mol. The van der Waals surface area contributed by atoms with Crippen molar-refractivity contribution in [1.82, 2.24) is 5.32 Å². The molecule has 0 bridgehead atoms. The Labute approximate surface area is 171 Å². The lowest BCUT2D eigenvalue weighted by Gasteiger charge is -2.18. The summed E-state index contributed by atoms with van der Waals surface area (Å²) in [5, 5.41) is 7.85. The Hall–Kier alpha value is -2.70. The van der Waals surface area contributed by atoms with E-state index in [1.54, 1.807) is 55.5 Å². The number of amides is 2. The highest BCUT2D eigenvalue weighted by molar-refractivity contribution is 7.10. The van der Waals surface area contributed by atoms with Gasteiger partial charge in [-0.1, -0.05) is 35.9 Å². The molecule has 3 aromatic rings. The molecule has 0 saturated carbocycles. The number of halogens is 2. The van der Waals surface area contributed by atoms with Gasteiger partial charge in [0.15, 0.2) is 0 Å². The van der Waals surface area contributed by atoms with E-state index < -0.39 is 17.8 Å². The van der Waals surface area contributed by atoms with Gasteiger partial charge in [0.1, 0.15) is 11.9 Å². The number of hydrogen-bond donors (Lipinski definition) is 2. The number of carbonyl (C=O) groups excluding carboxylic acids is 2. The Bertz CT molecular complexity index is 975. The van der Waals surface area contributed by atoms with Crippen LogP contribution in [0, 0.1) is 12.7 Å². The molecule has 2 N–H and O–H groups in total. The SMILES string of the molecule is Cc1ccc(NC(=O)C(NC(=O)Cc2ccc(Cl)cc2)c2cccs2)cc1F. The number of anilines is 1. The molecule has 0 aliphatic heterocycles. The Morgan fingerprint density at radius 2 is 1.89 bits per heavy atom. The van der Waals surface area contributed by atoms with Crippen LogP contribution < -0.4 is 10.6 Å². The zero-order chi connectivity index (χ0) is 20.1. The first kappa shape index (κ1) is 20.0. The summed E-state index contributed by atoms with van der Waals surface area (Å²) in [6.45, 7) is 1.65. The van der Waals surface area contributed by atoms with E-state index in [0.29, 0.717) is 21.2 Å². The molecule has 1 atom stereocenters. The highest BCUT2D eigenvalue weighted by Gasteiger charge is 2.24. The van der Waals surface area contributed by atoms with Crippen LogP contribution in [-0.4, -0.2) is 11.8 Å². The van der Waals surface area contributed by atoms with Gasteiger partial charge in [-0.2, -0.15) is 0 Å². The van der Waals surface area contributed by atoms with Crippen molar-refractivity contribution in [2.24, 2.45) is 0 Å². The summed E-state index contributed by atoms with van der Waals surface area (Å²) < 4.78 is 13.8. The third-order valence-corrected chi connectivity index (χ3v) is 5.30. The van der Waals surface area contributed by atoms with Crippen LogP contribution in [0.5, 0.6) is 0 Å². The predicted octanol–water partition coefficient (Wildman–Crippen LogP) is 4.89. The molecule has 0 aliphatic rings. The molecule has 1 unspecified atom stereocenters. The maximum absolute atomic E-state index is 13.8. The summed E-state index contributed by atoms with van der Waals surface area (Å²) in [4.78, 5) is 25.9. The number of nitrogens with one attached hydrogen (secondary N) is 2. The van der Waals surface area contributed by atoms with Crippen LogP contribution in [0.1, 0.15) is 22.0 Å². The van der Waals surface area contributed by atoms with E-state index >= 15 is 0 Å². The zero-order valence-electron chi connectivity index (χ0n) is 15.0. The molecule has 7 heteroatoms. The predicted molar refractivity (Wildman–Crippen MR) is 110 cm³/mol. The highest BCUT2D eigenvalue weighted by Crippen LogP contribution is 2.22. The van der Waals surface area contributed by atoms with Gasteiger partial charge >= 0.3 is 0 Å². The minimum absolute atomic E-state index is 0.117. The van der Waals surface area contributed by atoms with E-state index in [9.17, 15) is 14.0 Å². The average Bonchev–Trinajstić information content (AvgIpc) is 3.19. The fourth-order valence-electron chi connectivity index (χ4n) is 2.61. The van der Waals surface area contributed by atoms with Crippen LogP contribution in [0.3, 0.4) is 0 Å².